The van der Waals surface area contributed by atoms with E-state index in [1.54, 1.807) is 31.4 Å². The van der Waals surface area contributed by atoms with Crippen molar-refractivity contribution in [2.75, 3.05) is 20.2 Å². The second-order valence-corrected chi connectivity index (χ2v) is 10.4. The van der Waals surface area contributed by atoms with E-state index < -0.39 is 0 Å². The number of hydrogen-bond acceptors (Lipinski definition) is 4. The summed E-state index contributed by atoms with van der Waals surface area (Å²) in [7, 11) is 1.54. The van der Waals surface area contributed by atoms with E-state index >= 15 is 0 Å². The van der Waals surface area contributed by atoms with Gasteiger partial charge in [0, 0.05) is 37.3 Å². The number of hydrogen-bond donors (Lipinski definition) is 0. The van der Waals surface area contributed by atoms with E-state index in [0.29, 0.717) is 17.9 Å². The lowest BCUT2D eigenvalue weighted by molar-refractivity contribution is 0.0183. The van der Waals surface area contributed by atoms with E-state index in [2.05, 4.69) is 37.5 Å². The molecule has 1 saturated heterocycles. The van der Waals surface area contributed by atoms with Gasteiger partial charge in [0.25, 0.3) is 0 Å². The van der Waals surface area contributed by atoms with Crippen molar-refractivity contribution >= 4 is 0 Å². The number of rotatable bonds is 7. The van der Waals surface area contributed by atoms with Gasteiger partial charge in [0.1, 0.15) is 11.6 Å². The van der Waals surface area contributed by atoms with E-state index in [4.69, 9.17) is 4.74 Å². The lowest BCUT2D eigenvalue weighted by Gasteiger charge is -2.47. The summed E-state index contributed by atoms with van der Waals surface area (Å²) in [5, 5.41) is 0. The molecule has 1 aliphatic heterocycles. The van der Waals surface area contributed by atoms with Crippen LogP contribution in [-0.2, 0) is 6.54 Å². The molecule has 0 aliphatic carbocycles. The van der Waals surface area contributed by atoms with E-state index in [9.17, 15) is 13.6 Å². The number of methoxy groups -OCH3 is 1. The highest BCUT2D eigenvalue weighted by atomic mass is 19.1. The molecular weight excluding hydrogens is 470 g/mol. The lowest BCUT2D eigenvalue weighted by Crippen LogP contribution is -2.57. The Bertz CT molecular complexity index is 1200. The Kier molecular flexibility index (Phi) is 8.40. The molecule has 196 valence electrons. The molecule has 2 unspecified atom stereocenters. The Morgan fingerprint density at radius 3 is 1.78 bits per heavy atom. The van der Waals surface area contributed by atoms with Crippen molar-refractivity contribution < 1.29 is 13.5 Å². The van der Waals surface area contributed by atoms with Gasteiger partial charge in [-0.3, -0.25) is 14.6 Å². The largest absolute Gasteiger partial charge is 0.493 e. The number of piperazine rings is 1. The van der Waals surface area contributed by atoms with Gasteiger partial charge < -0.3 is 4.74 Å². The summed E-state index contributed by atoms with van der Waals surface area (Å²) < 4.78 is 32.9. The molecule has 1 fully saturated rings. The van der Waals surface area contributed by atoms with E-state index in [1.165, 1.54) is 24.3 Å². The number of benzene rings is 2. The molecule has 0 saturated carbocycles. The van der Waals surface area contributed by atoms with Gasteiger partial charge in [-0.25, -0.2) is 8.78 Å². The molecular formula is C31H36F2N2O2. The fraction of sp³-hybridized carbons (Fsp3) is 0.387. The van der Waals surface area contributed by atoms with E-state index in [-0.39, 0.29) is 41.1 Å². The molecule has 0 aromatic heterocycles. The van der Waals surface area contributed by atoms with Gasteiger partial charge in [-0.05, 0) is 66.8 Å². The summed E-state index contributed by atoms with van der Waals surface area (Å²) >= 11 is 0. The van der Waals surface area contributed by atoms with Crippen molar-refractivity contribution in [3.05, 3.63) is 111 Å². The van der Waals surface area contributed by atoms with Crippen LogP contribution in [0.2, 0.25) is 0 Å². The van der Waals surface area contributed by atoms with Crippen LogP contribution in [0.15, 0.2) is 71.5 Å². The Hall–Kier alpha value is -3.09. The highest BCUT2D eigenvalue weighted by Gasteiger charge is 2.34. The van der Waals surface area contributed by atoms with Crippen LogP contribution in [0.1, 0.15) is 61.9 Å². The first-order valence-electron chi connectivity index (χ1n) is 12.9. The highest BCUT2D eigenvalue weighted by molar-refractivity contribution is 5.34. The maximum atomic E-state index is 13.7. The van der Waals surface area contributed by atoms with Gasteiger partial charge in [0.05, 0.1) is 13.2 Å². The van der Waals surface area contributed by atoms with Gasteiger partial charge in [0.15, 0.2) is 5.75 Å². The van der Waals surface area contributed by atoms with Crippen molar-refractivity contribution in [3.8, 4) is 5.75 Å². The zero-order valence-corrected chi connectivity index (χ0v) is 22.2. The fourth-order valence-electron chi connectivity index (χ4n) is 5.35. The minimum atomic E-state index is -0.284. The molecule has 37 heavy (non-hydrogen) atoms. The Morgan fingerprint density at radius 2 is 1.32 bits per heavy atom. The van der Waals surface area contributed by atoms with Gasteiger partial charge in [-0.1, -0.05) is 50.2 Å². The van der Waals surface area contributed by atoms with Crippen LogP contribution in [0.4, 0.5) is 8.78 Å². The summed E-state index contributed by atoms with van der Waals surface area (Å²) in [6.45, 7) is 10.5. The first kappa shape index (κ1) is 27.0. The third kappa shape index (κ3) is 6.08. The third-order valence-electron chi connectivity index (χ3n) is 7.40. The van der Waals surface area contributed by atoms with Gasteiger partial charge >= 0.3 is 0 Å². The first-order valence-corrected chi connectivity index (χ1v) is 12.9. The molecule has 3 aromatic carbocycles. The third-order valence-corrected chi connectivity index (χ3v) is 7.40. The molecule has 4 nitrogen and oxygen atoms in total. The summed E-state index contributed by atoms with van der Waals surface area (Å²) in [6.07, 6.45) is 0. The summed E-state index contributed by atoms with van der Waals surface area (Å²) in [4.78, 5) is 18.0. The summed E-state index contributed by atoms with van der Waals surface area (Å²) in [5.41, 5.74) is 3.62. The topological polar surface area (TPSA) is 32.8 Å². The smallest absolute Gasteiger partial charge is 0.224 e. The van der Waals surface area contributed by atoms with E-state index in [1.807, 2.05) is 18.2 Å². The predicted octanol–water partition coefficient (Wildman–Crippen LogP) is 6.14. The SMILES string of the molecule is COc1cc(C(C)C)ccc(CN2C(C)CN(C(c3ccc(F)cc3)c3ccc(F)cc3)CC2C)c1=O. The van der Waals surface area contributed by atoms with Crippen LogP contribution in [0.3, 0.4) is 0 Å². The standard InChI is InChI=1S/C31H36F2N2O2/c1-20(2)25-6-7-26(31(36)29(16-25)37-5)19-35-21(3)17-34(18-22(35)4)30(23-8-12-27(32)13-9-23)24-10-14-28(33)15-11-24/h6-16,20-22,30H,17-19H2,1-5H3. The van der Waals surface area contributed by atoms with E-state index in [0.717, 1.165) is 29.8 Å². The fourth-order valence-corrected chi connectivity index (χ4v) is 5.35. The van der Waals surface area contributed by atoms with Crippen molar-refractivity contribution in [2.45, 2.75) is 58.3 Å². The summed E-state index contributed by atoms with van der Waals surface area (Å²) in [5.74, 6) is 0.0856. The zero-order chi connectivity index (χ0) is 26.7. The molecule has 0 radical (unpaired) electrons. The molecule has 2 atom stereocenters. The second-order valence-electron chi connectivity index (χ2n) is 10.4. The molecule has 0 N–H and O–H groups in total. The van der Waals surface area contributed by atoms with Crippen LogP contribution in [0, 0.1) is 11.6 Å². The normalized spacial score (nSPS) is 18.9. The molecule has 0 amide bonds. The molecule has 1 heterocycles. The molecule has 1 aliphatic rings. The Labute approximate surface area is 218 Å². The van der Waals surface area contributed by atoms with Crippen LogP contribution < -0.4 is 10.2 Å². The number of nitrogens with zero attached hydrogens (tertiary/aromatic N) is 2. The second kappa shape index (κ2) is 11.5. The van der Waals surface area contributed by atoms with Crippen LogP contribution in [0.5, 0.6) is 5.75 Å². The van der Waals surface area contributed by atoms with Crippen molar-refractivity contribution in [2.24, 2.45) is 0 Å². The Morgan fingerprint density at radius 1 is 0.838 bits per heavy atom. The highest BCUT2D eigenvalue weighted by Crippen LogP contribution is 2.33. The predicted molar refractivity (Wildman–Crippen MR) is 144 cm³/mol. The molecule has 0 bridgehead atoms. The molecule has 0 spiro atoms. The molecule has 3 aromatic rings. The van der Waals surface area contributed by atoms with Gasteiger partial charge in [0.2, 0.25) is 5.43 Å². The molecule has 4 rings (SSSR count). The maximum Gasteiger partial charge on any atom is 0.224 e. The van der Waals surface area contributed by atoms with Gasteiger partial charge in [-0.15, -0.1) is 0 Å². The quantitative estimate of drug-likeness (QED) is 0.385. The number of ether oxygens (including phenoxy) is 1. The number of halogens is 2. The minimum absolute atomic E-state index is 0.0771. The van der Waals surface area contributed by atoms with Crippen LogP contribution in [0.25, 0.3) is 0 Å². The van der Waals surface area contributed by atoms with Crippen LogP contribution >= 0.6 is 0 Å². The van der Waals surface area contributed by atoms with Crippen molar-refractivity contribution in [1.29, 1.82) is 0 Å². The van der Waals surface area contributed by atoms with Gasteiger partial charge in [-0.2, -0.15) is 0 Å². The Balaban J connectivity index is 1.62. The monoisotopic (exact) mass is 506 g/mol. The van der Waals surface area contributed by atoms with Crippen molar-refractivity contribution in [1.82, 2.24) is 9.80 Å². The average molecular weight is 507 g/mol. The maximum absolute atomic E-state index is 13.7. The zero-order valence-electron chi connectivity index (χ0n) is 22.2. The lowest BCUT2D eigenvalue weighted by atomic mass is 9.94. The summed E-state index contributed by atoms with van der Waals surface area (Å²) in [6, 6.07) is 19.1. The van der Waals surface area contributed by atoms with Crippen LogP contribution in [-0.4, -0.2) is 42.1 Å². The minimum Gasteiger partial charge on any atom is -0.493 e. The van der Waals surface area contributed by atoms with Crippen molar-refractivity contribution in [3.63, 3.8) is 0 Å². The first-order chi connectivity index (χ1) is 17.7. The average Bonchev–Trinajstić information content (AvgIpc) is 3.02. The molecule has 6 heteroatoms.